The van der Waals surface area contributed by atoms with Crippen LogP contribution in [0.4, 0.5) is 11.4 Å². The first kappa shape index (κ1) is 19.9. The molecule has 0 unspecified atom stereocenters. The molecule has 1 amide bonds. The van der Waals surface area contributed by atoms with E-state index in [1.165, 1.54) is 9.87 Å². The van der Waals surface area contributed by atoms with Crippen molar-refractivity contribution in [1.29, 1.82) is 0 Å². The Morgan fingerprint density at radius 2 is 1.83 bits per heavy atom. The van der Waals surface area contributed by atoms with E-state index >= 15 is 0 Å². The Hall–Kier alpha value is -2.36. The normalized spacial score (nSPS) is 16.5. The van der Waals surface area contributed by atoms with E-state index in [0.29, 0.717) is 37.3 Å². The summed E-state index contributed by atoms with van der Waals surface area (Å²) in [7, 11) is -3.67. The number of carbonyl (C=O) groups is 1. The monoisotopic (exact) mass is 430 g/mol. The molecular formula is C20H22N4O3S2. The summed E-state index contributed by atoms with van der Waals surface area (Å²) in [6, 6.07) is 13.2. The van der Waals surface area contributed by atoms with Gasteiger partial charge in [-0.2, -0.15) is 13.0 Å². The second-order valence-electron chi connectivity index (χ2n) is 7.16. The fourth-order valence-electron chi connectivity index (χ4n) is 3.58. The molecule has 2 aliphatic heterocycles. The van der Waals surface area contributed by atoms with Crippen molar-refractivity contribution >= 4 is 38.7 Å². The van der Waals surface area contributed by atoms with Crippen molar-refractivity contribution in [2.75, 3.05) is 26.2 Å². The van der Waals surface area contributed by atoms with Crippen LogP contribution in [0, 0.1) is 6.92 Å². The van der Waals surface area contributed by atoms with E-state index in [-0.39, 0.29) is 23.9 Å². The Balaban J connectivity index is 1.37. The first-order valence-corrected chi connectivity index (χ1v) is 11.7. The molecule has 2 aromatic carbocycles. The maximum atomic E-state index is 13.1. The number of nitrogens with zero attached hydrogens (tertiary/aromatic N) is 4. The molecule has 0 saturated carbocycles. The number of hydrogen-bond donors (Lipinski definition) is 0. The third-order valence-electron chi connectivity index (χ3n) is 5.17. The molecule has 0 spiro atoms. The quantitative estimate of drug-likeness (QED) is 0.623. The molecule has 152 valence electrons. The van der Waals surface area contributed by atoms with E-state index in [1.807, 2.05) is 25.1 Å². The summed E-state index contributed by atoms with van der Waals surface area (Å²) in [5.41, 5.74) is 3.32. The maximum Gasteiger partial charge on any atom is 0.245 e. The molecule has 0 radical (unpaired) electrons. The van der Waals surface area contributed by atoms with Crippen LogP contribution in [-0.2, 0) is 32.6 Å². The minimum Gasteiger partial charge on any atom is -0.340 e. The molecule has 29 heavy (non-hydrogen) atoms. The number of carbonyl (C=O) groups excluding carboxylic acids is 1. The molecule has 4 rings (SSSR count). The topological polar surface area (TPSA) is 82.4 Å². The van der Waals surface area contributed by atoms with Gasteiger partial charge in [0.1, 0.15) is 16.3 Å². The summed E-state index contributed by atoms with van der Waals surface area (Å²) in [5.74, 6) is 0.0642. The SMILES string of the molecule is Cc1cccc(CCC(=O)N2CCN(S(=O)(=O)c3cccc4c3N=S=N4)CC2)c1. The Bertz CT molecular complexity index is 1120. The van der Waals surface area contributed by atoms with Gasteiger partial charge in [-0.25, -0.2) is 8.42 Å². The molecule has 0 N–H and O–H groups in total. The molecule has 7 nitrogen and oxygen atoms in total. The molecule has 0 aliphatic carbocycles. The summed E-state index contributed by atoms with van der Waals surface area (Å²) in [4.78, 5) is 14.5. The highest BCUT2D eigenvalue weighted by atomic mass is 32.2. The van der Waals surface area contributed by atoms with Gasteiger partial charge in [-0.3, -0.25) is 4.79 Å². The van der Waals surface area contributed by atoms with Crippen molar-refractivity contribution in [3.8, 4) is 0 Å². The number of fused-ring (bicyclic) bond motifs is 1. The fourth-order valence-corrected chi connectivity index (χ4v) is 5.76. The number of aryl methyl sites for hydroxylation is 2. The Morgan fingerprint density at radius 1 is 1.07 bits per heavy atom. The molecule has 0 aromatic heterocycles. The lowest BCUT2D eigenvalue weighted by Gasteiger charge is -2.34. The Morgan fingerprint density at radius 3 is 2.59 bits per heavy atom. The third kappa shape index (κ3) is 4.17. The van der Waals surface area contributed by atoms with Crippen molar-refractivity contribution in [3.63, 3.8) is 0 Å². The Labute approximate surface area is 174 Å². The predicted octanol–water partition coefficient (Wildman–Crippen LogP) is 3.19. The number of sulfonamides is 1. The van der Waals surface area contributed by atoms with Gasteiger partial charge in [0.2, 0.25) is 15.9 Å². The van der Waals surface area contributed by atoms with Gasteiger partial charge < -0.3 is 4.90 Å². The third-order valence-corrected chi connectivity index (χ3v) is 7.64. The van der Waals surface area contributed by atoms with Gasteiger partial charge in [0.05, 0.1) is 11.4 Å². The zero-order valence-corrected chi connectivity index (χ0v) is 17.7. The summed E-state index contributed by atoms with van der Waals surface area (Å²) >= 11 is 1.00. The van der Waals surface area contributed by atoms with Gasteiger partial charge in [0, 0.05) is 32.6 Å². The van der Waals surface area contributed by atoms with Gasteiger partial charge in [-0.1, -0.05) is 35.9 Å². The number of piperazine rings is 1. The second-order valence-corrected chi connectivity index (χ2v) is 9.60. The lowest BCUT2D eigenvalue weighted by molar-refractivity contribution is -0.132. The van der Waals surface area contributed by atoms with Gasteiger partial charge in [-0.15, -0.1) is 0 Å². The molecule has 1 saturated heterocycles. The summed E-state index contributed by atoms with van der Waals surface area (Å²) < 4.78 is 35.9. The molecule has 2 heterocycles. The number of rotatable bonds is 5. The second kappa shape index (κ2) is 8.17. The van der Waals surface area contributed by atoms with E-state index in [9.17, 15) is 13.2 Å². The van der Waals surface area contributed by atoms with E-state index in [2.05, 4.69) is 14.8 Å². The Kier molecular flexibility index (Phi) is 5.62. The van der Waals surface area contributed by atoms with Crippen LogP contribution in [0.5, 0.6) is 0 Å². The maximum absolute atomic E-state index is 13.1. The first-order chi connectivity index (χ1) is 13.9. The minimum absolute atomic E-state index is 0.0642. The summed E-state index contributed by atoms with van der Waals surface area (Å²) in [6.45, 7) is 3.40. The average molecular weight is 431 g/mol. The van der Waals surface area contributed by atoms with Crippen LogP contribution in [0.2, 0.25) is 0 Å². The average Bonchev–Trinajstić information content (AvgIpc) is 3.21. The molecule has 0 bridgehead atoms. The van der Waals surface area contributed by atoms with E-state index < -0.39 is 10.0 Å². The van der Waals surface area contributed by atoms with Crippen LogP contribution in [-0.4, -0.2) is 49.7 Å². The van der Waals surface area contributed by atoms with Crippen molar-refractivity contribution in [3.05, 3.63) is 53.6 Å². The number of hydrogen-bond acceptors (Lipinski definition) is 5. The largest absolute Gasteiger partial charge is 0.340 e. The minimum atomic E-state index is -3.67. The van der Waals surface area contributed by atoms with E-state index in [1.54, 1.807) is 23.1 Å². The zero-order chi connectivity index (χ0) is 20.4. The van der Waals surface area contributed by atoms with Gasteiger partial charge in [0.15, 0.2) is 0 Å². The molecular weight excluding hydrogens is 408 g/mol. The smallest absolute Gasteiger partial charge is 0.245 e. The van der Waals surface area contributed by atoms with Crippen molar-refractivity contribution in [2.24, 2.45) is 8.73 Å². The molecule has 2 aromatic rings. The van der Waals surface area contributed by atoms with Crippen molar-refractivity contribution < 1.29 is 13.2 Å². The van der Waals surface area contributed by atoms with E-state index in [0.717, 1.165) is 16.9 Å². The standard InChI is InChI=1S/C20H22N4O3S2/c1-15-4-2-5-16(14-15)8-9-19(25)23-10-12-24(13-11-23)29(26,27)18-7-3-6-17-20(18)22-28-21-17/h2-7,14H,8-13H2,1H3. The van der Waals surface area contributed by atoms with Crippen LogP contribution >= 0.6 is 0 Å². The lowest BCUT2D eigenvalue weighted by atomic mass is 10.1. The molecule has 1 fully saturated rings. The van der Waals surface area contributed by atoms with Gasteiger partial charge >= 0.3 is 0 Å². The van der Waals surface area contributed by atoms with E-state index in [4.69, 9.17) is 0 Å². The first-order valence-electron chi connectivity index (χ1n) is 9.50. The van der Waals surface area contributed by atoms with Crippen molar-refractivity contribution in [1.82, 2.24) is 9.21 Å². The van der Waals surface area contributed by atoms with Crippen LogP contribution in [0.25, 0.3) is 0 Å². The number of amides is 1. The van der Waals surface area contributed by atoms with Crippen LogP contribution < -0.4 is 0 Å². The highest BCUT2D eigenvalue weighted by molar-refractivity contribution is 7.89. The van der Waals surface area contributed by atoms with Gasteiger partial charge in [-0.05, 0) is 31.0 Å². The highest BCUT2D eigenvalue weighted by Crippen LogP contribution is 2.38. The fraction of sp³-hybridized carbons (Fsp3) is 0.350. The van der Waals surface area contributed by atoms with Crippen LogP contribution in [0.3, 0.4) is 0 Å². The van der Waals surface area contributed by atoms with Crippen molar-refractivity contribution in [2.45, 2.75) is 24.7 Å². The lowest BCUT2D eigenvalue weighted by Crippen LogP contribution is -2.50. The van der Waals surface area contributed by atoms with Crippen LogP contribution in [0.15, 0.2) is 56.1 Å². The summed E-state index contributed by atoms with van der Waals surface area (Å²) in [6.07, 6.45) is 1.12. The van der Waals surface area contributed by atoms with Crippen LogP contribution in [0.1, 0.15) is 17.5 Å². The predicted molar refractivity (Wildman–Crippen MR) is 113 cm³/mol. The molecule has 9 heteroatoms. The molecule has 2 aliphatic rings. The number of benzene rings is 2. The van der Waals surface area contributed by atoms with Gasteiger partial charge in [0.25, 0.3) is 0 Å². The molecule has 0 atom stereocenters. The zero-order valence-electron chi connectivity index (χ0n) is 16.1. The highest BCUT2D eigenvalue weighted by Gasteiger charge is 2.32. The summed E-state index contributed by atoms with van der Waals surface area (Å²) in [5, 5.41) is 0.